The van der Waals surface area contributed by atoms with Crippen LogP contribution in [-0.2, 0) is 6.54 Å². The van der Waals surface area contributed by atoms with Gasteiger partial charge in [-0.3, -0.25) is 0 Å². The molecule has 2 aromatic carbocycles. The molecule has 1 N–H and O–H groups in total. The fraction of sp³-hybridized carbons (Fsp3) is 0.435. The van der Waals surface area contributed by atoms with Crippen molar-refractivity contribution in [1.29, 1.82) is 5.26 Å². The van der Waals surface area contributed by atoms with Gasteiger partial charge in [0.15, 0.2) is 0 Å². The quantitative estimate of drug-likeness (QED) is 0.640. The molecule has 1 saturated heterocycles. The molecule has 0 saturated carbocycles. The Morgan fingerprint density at radius 1 is 1.07 bits per heavy atom. The smallest absolute Gasteiger partial charge is 0.119 e. The van der Waals surface area contributed by atoms with Gasteiger partial charge in [-0.05, 0) is 55.6 Å². The summed E-state index contributed by atoms with van der Waals surface area (Å²) in [7, 11) is 0. The molecule has 0 aliphatic carbocycles. The summed E-state index contributed by atoms with van der Waals surface area (Å²) in [6.07, 6.45) is 3.93. The third-order valence-electron chi connectivity index (χ3n) is 4.99. The second-order valence-corrected chi connectivity index (χ2v) is 7.11. The first-order chi connectivity index (χ1) is 13.3. The van der Waals surface area contributed by atoms with Gasteiger partial charge in [-0.15, -0.1) is 0 Å². The Balaban J connectivity index is 1.58. The first-order valence-electron chi connectivity index (χ1n) is 9.94. The van der Waals surface area contributed by atoms with Crippen molar-refractivity contribution in [3.63, 3.8) is 0 Å². The zero-order chi connectivity index (χ0) is 18.7. The first-order valence-corrected chi connectivity index (χ1v) is 9.94. The number of nitrogens with one attached hydrogen (secondary N) is 1. The van der Waals surface area contributed by atoms with Crippen molar-refractivity contribution in [2.75, 3.05) is 26.2 Å². The van der Waals surface area contributed by atoms with Gasteiger partial charge >= 0.3 is 0 Å². The van der Waals surface area contributed by atoms with Gasteiger partial charge in [-0.1, -0.05) is 42.5 Å². The predicted molar refractivity (Wildman–Crippen MR) is 108 cm³/mol. The first kappa shape index (κ1) is 19.4. The van der Waals surface area contributed by atoms with Crippen LogP contribution in [0.2, 0.25) is 0 Å². The molecule has 0 amide bonds. The molecule has 0 aromatic heterocycles. The molecular formula is C23H29N3O. The van der Waals surface area contributed by atoms with E-state index in [1.807, 2.05) is 12.1 Å². The van der Waals surface area contributed by atoms with E-state index < -0.39 is 0 Å². The maximum Gasteiger partial charge on any atom is 0.119 e. The van der Waals surface area contributed by atoms with E-state index in [0.29, 0.717) is 19.1 Å². The van der Waals surface area contributed by atoms with Crippen LogP contribution in [0.1, 0.15) is 42.9 Å². The predicted octanol–water partition coefficient (Wildman–Crippen LogP) is 4.30. The Labute approximate surface area is 162 Å². The van der Waals surface area contributed by atoms with Crippen molar-refractivity contribution in [3.05, 3.63) is 65.7 Å². The zero-order valence-corrected chi connectivity index (χ0v) is 15.9. The summed E-state index contributed by atoms with van der Waals surface area (Å²) < 4.78 is 5.76. The topological polar surface area (TPSA) is 48.3 Å². The number of rotatable bonds is 10. The molecule has 2 aromatic rings. The van der Waals surface area contributed by atoms with Crippen LogP contribution in [-0.4, -0.2) is 31.1 Å². The SMILES string of the molecule is N#CCCCOc1cccc(CNC(CN2CCCC2)c2ccccc2)c1. The maximum atomic E-state index is 8.61. The van der Waals surface area contributed by atoms with Crippen molar-refractivity contribution in [1.82, 2.24) is 10.2 Å². The van der Waals surface area contributed by atoms with E-state index in [2.05, 4.69) is 58.8 Å². The fourth-order valence-electron chi connectivity index (χ4n) is 3.52. The van der Waals surface area contributed by atoms with Crippen LogP contribution in [0.3, 0.4) is 0 Å². The highest BCUT2D eigenvalue weighted by atomic mass is 16.5. The van der Waals surface area contributed by atoms with Crippen molar-refractivity contribution in [2.45, 2.75) is 38.3 Å². The molecule has 4 nitrogen and oxygen atoms in total. The third kappa shape index (κ3) is 6.39. The number of hydrogen-bond donors (Lipinski definition) is 1. The van der Waals surface area contributed by atoms with E-state index in [9.17, 15) is 0 Å². The average molecular weight is 364 g/mol. The maximum absolute atomic E-state index is 8.61. The largest absolute Gasteiger partial charge is 0.494 e. The summed E-state index contributed by atoms with van der Waals surface area (Å²) in [5.74, 6) is 0.878. The van der Waals surface area contributed by atoms with Crippen LogP contribution in [0.5, 0.6) is 5.75 Å². The number of hydrogen-bond acceptors (Lipinski definition) is 4. The second-order valence-electron chi connectivity index (χ2n) is 7.11. The number of benzene rings is 2. The minimum atomic E-state index is 0.324. The van der Waals surface area contributed by atoms with Crippen LogP contribution in [0.4, 0.5) is 0 Å². The van der Waals surface area contributed by atoms with Crippen molar-refractivity contribution in [2.24, 2.45) is 0 Å². The molecule has 1 atom stereocenters. The average Bonchev–Trinajstić information content (AvgIpc) is 3.23. The van der Waals surface area contributed by atoms with Crippen LogP contribution in [0, 0.1) is 11.3 Å². The lowest BCUT2D eigenvalue weighted by molar-refractivity contribution is 0.291. The lowest BCUT2D eigenvalue weighted by Gasteiger charge is -2.25. The lowest BCUT2D eigenvalue weighted by atomic mass is 10.1. The number of ether oxygens (including phenoxy) is 1. The van der Waals surface area contributed by atoms with E-state index in [0.717, 1.165) is 25.3 Å². The molecule has 4 heteroatoms. The second kappa shape index (κ2) is 10.7. The summed E-state index contributed by atoms with van der Waals surface area (Å²) in [6, 6.07) is 21.4. The number of nitriles is 1. The summed E-state index contributed by atoms with van der Waals surface area (Å²) >= 11 is 0. The van der Waals surface area contributed by atoms with Gasteiger partial charge < -0.3 is 15.0 Å². The molecule has 1 unspecified atom stereocenters. The summed E-state index contributed by atoms with van der Waals surface area (Å²) in [4.78, 5) is 2.55. The van der Waals surface area contributed by atoms with Gasteiger partial charge in [-0.2, -0.15) is 5.26 Å². The molecular weight excluding hydrogens is 334 g/mol. The summed E-state index contributed by atoms with van der Waals surface area (Å²) in [6.45, 7) is 4.86. The van der Waals surface area contributed by atoms with E-state index in [1.54, 1.807) is 0 Å². The van der Waals surface area contributed by atoms with Gasteiger partial charge in [0.25, 0.3) is 0 Å². The lowest BCUT2D eigenvalue weighted by Crippen LogP contribution is -2.33. The van der Waals surface area contributed by atoms with Crippen LogP contribution < -0.4 is 10.1 Å². The van der Waals surface area contributed by atoms with Gasteiger partial charge in [0.05, 0.1) is 12.7 Å². The molecule has 0 bridgehead atoms. The Hall–Kier alpha value is -2.35. The molecule has 0 radical (unpaired) electrons. The molecule has 1 fully saturated rings. The summed E-state index contributed by atoms with van der Waals surface area (Å²) in [5.41, 5.74) is 2.56. The number of nitrogens with zero attached hydrogens (tertiary/aromatic N) is 2. The van der Waals surface area contributed by atoms with E-state index in [4.69, 9.17) is 10.00 Å². The van der Waals surface area contributed by atoms with E-state index >= 15 is 0 Å². The standard InChI is InChI=1S/C23H29N3O/c24-13-4-7-16-27-22-12-8-9-20(17-22)18-25-23(19-26-14-5-6-15-26)21-10-2-1-3-11-21/h1-3,8-12,17,23,25H,4-7,14-16,18-19H2. The summed E-state index contributed by atoms with van der Waals surface area (Å²) in [5, 5.41) is 12.4. The third-order valence-corrected chi connectivity index (χ3v) is 4.99. The molecule has 1 aliphatic rings. The van der Waals surface area contributed by atoms with Crippen LogP contribution >= 0.6 is 0 Å². The number of likely N-dealkylation sites (tertiary alicyclic amines) is 1. The Morgan fingerprint density at radius 2 is 1.89 bits per heavy atom. The molecule has 1 aliphatic heterocycles. The minimum Gasteiger partial charge on any atom is -0.494 e. The molecule has 142 valence electrons. The normalized spacial score (nSPS) is 15.4. The Kier molecular flexibility index (Phi) is 7.70. The monoisotopic (exact) mass is 363 g/mol. The molecule has 1 heterocycles. The van der Waals surface area contributed by atoms with Crippen LogP contribution in [0.15, 0.2) is 54.6 Å². The minimum absolute atomic E-state index is 0.324. The highest BCUT2D eigenvalue weighted by Crippen LogP contribution is 2.19. The molecule has 27 heavy (non-hydrogen) atoms. The molecule has 3 rings (SSSR count). The van der Waals surface area contributed by atoms with E-state index in [-0.39, 0.29) is 0 Å². The van der Waals surface area contributed by atoms with E-state index in [1.165, 1.54) is 37.1 Å². The van der Waals surface area contributed by atoms with Gasteiger partial charge in [0.2, 0.25) is 0 Å². The highest BCUT2D eigenvalue weighted by Gasteiger charge is 2.18. The molecule has 0 spiro atoms. The van der Waals surface area contributed by atoms with Gasteiger partial charge in [0.1, 0.15) is 5.75 Å². The van der Waals surface area contributed by atoms with Crippen molar-refractivity contribution in [3.8, 4) is 11.8 Å². The fourth-order valence-corrected chi connectivity index (χ4v) is 3.52. The van der Waals surface area contributed by atoms with Crippen LogP contribution in [0.25, 0.3) is 0 Å². The van der Waals surface area contributed by atoms with Crippen molar-refractivity contribution >= 4 is 0 Å². The number of unbranched alkanes of at least 4 members (excludes halogenated alkanes) is 1. The Morgan fingerprint density at radius 3 is 2.67 bits per heavy atom. The zero-order valence-electron chi connectivity index (χ0n) is 15.9. The van der Waals surface area contributed by atoms with Crippen molar-refractivity contribution < 1.29 is 4.74 Å². The Bertz CT molecular complexity index is 720. The van der Waals surface area contributed by atoms with Gasteiger partial charge in [-0.25, -0.2) is 0 Å². The highest BCUT2D eigenvalue weighted by molar-refractivity contribution is 5.29. The van der Waals surface area contributed by atoms with Gasteiger partial charge in [0, 0.05) is 25.6 Å².